The van der Waals surface area contributed by atoms with E-state index in [1.807, 2.05) is 6.07 Å². The summed E-state index contributed by atoms with van der Waals surface area (Å²) in [6.45, 7) is 1.83. The average Bonchev–Trinajstić information content (AvgIpc) is 3.22. The first-order valence-corrected chi connectivity index (χ1v) is 6.98. The minimum Gasteiger partial charge on any atom is -0.396 e. The molecule has 3 N–H and O–H groups in total. The monoisotopic (exact) mass is 248 g/mol. The summed E-state index contributed by atoms with van der Waals surface area (Å²) in [5.41, 5.74) is 6.67. The van der Waals surface area contributed by atoms with Crippen molar-refractivity contribution in [2.75, 3.05) is 12.3 Å². The quantitative estimate of drug-likeness (QED) is 0.760. The number of hydrogen-bond donors (Lipinski definition) is 2. The molecule has 0 amide bonds. The standard InChI is InChI=1S/C15H21FN2/c16-14-7-10(1-6-15(14)17)8-18-9-13(11-2-3-11)12-4-5-12/h1,6-7,11-13,18H,2-5,8-9,17H2. The van der Waals surface area contributed by atoms with Gasteiger partial charge in [0.2, 0.25) is 0 Å². The molecular weight excluding hydrogens is 227 g/mol. The van der Waals surface area contributed by atoms with Gasteiger partial charge in [-0.15, -0.1) is 0 Å². The van der Waals surface area contributed by atoms with Crippen LogP contribution in [-0.4, -0.2) is 6.54 Å². The first-order chi connectivity index (χ1) is 8.74. The number of nitrogen functional groups attached to an aromatic ring is 1. The van der Waals surface area contributed by atoms with Crippen LogP contribution in [0.4, 0.5) is 10.1 Å². The lowest BCUT2D eigenvalue weighted by Gasteiger charge is -2.16. The molecule has 3 rings (SSSR count). The van der Waals surface area contributed by atoms with Gasteiger partial charge in [-0.2, -0.15) is 0 Å². The van der Waals surface area contributed by atoms with Crippen LogP contribution in [0.25, 0.3) is 0 Å². The Morgan fingerprint density at radius 1 is 1.22 bits per heavy atom. The van der Waals surface area contributed by atoms with Gasteiger partial charge >= 0.3 is 0 Å². The maximum atomic E-state index is 13.3. The Bertz CT molecular complexity index is 413. The second kappa shape index (κ2) is 4.88. The lowest BCUT2D eigenvalue weighted by Crippen LogP contribution is -2.25. The summed E-state index contributed by atoms with van der Waals surface area (Å²) in [6, 6.07) is 5.08. The third-order valence-electron chi connectivity index (χ3n) is 4.23. The van der Waals surface area contributed by atoms with E-state index in [4.69, 9.17) is 5.73 Å². The van der Waals surface area contributed by atoms with E-state index in [-0.39, 0.29) is 11.5 Å². The zero-order valence-corrected chi connectivity index (χ0v) is 10.7. The first-order valence-electron chi connectivity index (χ1n) is 6.98. The van der Waals surface area contributed by atoms with Gasteiger partial charge in [0.15, 0.2) is 0 Å². The molecule has 2 nitrogen and oxygen atoms in total. The van der Waals surface area contributed by atoms with E-state index in [0.29, 0.717) is 0 Å². The van der Waals surface area contributed by atoms with Crippen LogP contribution in [-0.2, 0) is 6.54 Å². The summed E-state index contributed by atoms with van der Waals surface area (Å²) in [6.07, 6.45) is 5.66. The van der Waals surface area contributed by atoms with Crippen LogP contribution < -0.4 is 11.1 Å². The largest absolute Gasteiger partial charge is 0.396 e. The Morgan fingerprint density at radius 3 is 2.44 bits per heavy atom. The van der Waals surface area contributed by atoms with Crippen LogP contribution in [0.1, 0.15) is 31.2 Å². The molecule has 3 heteroatoms. The molecule has 0 radical (unpaired) electrons. The smallest absolute Gasteiger partial charge is 0.146 e. The molecule has 98 valence electrons. The van der Waals surface area contributed by atoms with Crippen LogP contribution in [0, 0.1) is 23.6 Å². The van der Waals surface area contributed by atoms with E-state index in [9.17, 15) is 4.39 Å². The van der Waals surface area contributed by atoms with Gasteiger partial charge in [0.25, 0.3) is 0 Å². The number of hydrogen-bond acceptors (Lipinski definition) is 2. The van der Waals surface area contributed by atoms with E-state index in [1.54, 1.807) is 6.07 Å². The third kappa shape index (κ3) is 2.83. The van der Waals surface area contributed by atoms with Crippen molar-refractivity contribution in [2.45, 2.75) is 32.2 Å². The molecule has 0 unspecified atom stereocenters. The molecule has 0 atom stereocenters. The fraction of sp³-hybridized carbons (Fsp3) is 0.600. The Kier molecular flexibility index (Phi) is 3.25. The van der Waals surface area contributed by atoms with Crippen LogP contribution in [0.2, 0.25) is 0 Å². The number of rotatable bonds is 6. The van der Waals surface area contributed by atoms with E-state index in [2.05, 4.69) is 5.32 Å². The summed E-state index contributed by atoms with van der Waals surface area (Å²) >= 11 is 0. The summed E-state index contributed by atoms with van der Waals surface area (Å²) in [4.78, 5) is 0. The lowest BCUT2D eigenvalue weighted by molar-refractivity contribution is 0.378. The summed E-state index contributed by atoms with van der Waals surface area (Å²) in [5, 5.41) is 3.48. The number of nitrogens with two attached hydrogens (primary N) is 1. The highest BCUT2D eigenvalue weighted by molar-refractivity contribution is 5.41. The molecule has 0 aromatic heterocycles. The second-order valence-corrected chi connectivity index (χ2v) is 5.83. The molecule has 2 aliphatic rings. The molecular formula is C15H21FN2. The average molecular weight is 248 g/mol. The minimum atomic E-state index is -0.310. The zero-order chi connectivity index (χ0) is 12.5. The molecule has 0 aliphatic heterocycles. The van der Waals surface area contributed by atoms with Crippen molar-refractivity contribution < 1.29 is 4.39 Å². The predicted octanol–water partition coefficient (Wildman–Crippen LogP) is 2.93. The SMILES string of the molecule is Nc1ccc(CNCC(C2CC2)C2CC2)cc1F. The van der Waals surface area contributed by atoms with Gasteiger partial charge in [-0.3, -0.25) is 0 Å². The molecule has 0 spiro atoms. The van der Waals surface area contributed by atoms with Crippen molar-refractivity contribution in [2.24, 2.45) is 17.8 Å². The van der Waals surface area contributed by atoms with Gasteiger partial charge < -0.3 is 11.1 Å². The lowest BCUT2D eigenvalue weighted by atomic mass is 9.98. The molecule has 1 aromatic carbocycles. The van der Waals surface area contributed by atoms with Gasteiger partial charge in [-0.25, -0.2) is 4.39 Å². The van der Waals surface area contributed by atoms with Crippen LogP contribution in [0.5, 0.6) is 0 Å². The van der Waals surface area contributed by atoms with Gasteiger partial charge in [0, 0.05) is 6.54 Å². The van der Waals surface area contributed by atoms with Crippen molar-refractivity contribution in [3.05, 3.63) is 29.6 Å². The number of nitrogens with one attached hydrogen (secondary N) is 1. The molecule has 18 heavy (non-hydrogen) atoms. The Balaban J connectivity index is 1.49. The minimum absolute atomic E-state index is 0.229. The fourth-order valence-electron chi connectivity index (χ4n) is 2.83. The predicted molar refractivity (Wildman–Crippen MR) is 71.5 cm³/mol. The van der Waals surface area contributed by atoms with Crippen molar-refractivity contribution >= 4 is 5.69 Å². The highest BCUT2D eigenvalue weighted by Crippen LogP contribution is 2.48. The topological polar surface area (TPSA) is 38.0 Å². The molecule has 2 fully saturated rings. The summed E-state index contributed by atoms with van der Waals surface area (Å²) in [7, 11) is 0. The molecule has 1 aromatic rings. The molecule has 2 saturated carbocycles. The normalized spacial score (nSPS) is 19.4. The van der Waals surface area contributed by atoms with Gasteiger partial charge in [0.05, 0.1) is 5.69 Å². The van der Waals surface area contributed by atoms with Crippen LogP contribution >= 0.6 is 0 Å². The van der Waals surface area contributed by atoms with Crippen LogP contribution in [0.3, 0.4) is 0 Å². The third-order valence-corrected chi connectivity index (χ3v) is 4.23. The van der Waals surface area contributed by atoms with Crippen LogP contribution in [0.15, 0.2) is 18.2 Å². The van der Waals surface area contributed by atoms with E-state index < -0.39 is 0 Å². The molecule has 0 bridgehead atoms. The highest BCUT2D eigenvalue weighted by Gasteiger charge is 2.40. The molecule has 0 heterocycles. The van der Waals surface area contributed by atoms with E-state index in [0.717, 1.165) is 36.4 Å². The van der Waals surface area contributed by atoms with E-state index >= 15 is 0 Å². The number of anilines is 1. The van der Waals surface area contributed by atoms with Crippen molar-refractivity contribution in [1.29, 1.82) is 0 Å². The second-order valence-electron chi connectivity index (χ2n) is 5.83. The maximum Gasteiger partial charge on any atom is 0.146 e. The summed E-state index contributed by atoms with van der Waals surface area (Å²) < 4.78 is 13.3. The Hall–Kier alpha value is -1.09. The van der Waals surface area contributed by atoms with Crippen molar-refractivity contribution in [3.8, 4) is 0 Å². The van der Waals surface area contributed by atoms with Crippen molar-refractivity contribution in [3.63, 3.8) is 0 Å². The molecule has 0 saturated heterocycles. The van der Waals surface area contributed by atoms with Gasteiger partial charge in [-0.1, -0.05) is 6.07 Å². The zero-order valence-electron chi connectivity index (χ0n) is 10.7. The maximum absolute atomic E-state index is 13.3. The van der Waals surface area contributed by atoms with Crippen molar-refractivity contribution in [1.82, 2.24) is 5.32 Å². The number of benzene rings is 1. The molecule has 2 aliphatic carbocycles. The fourth-order valence-corrected chi connectivity index (χ4v) is 2.83. The Morgan fingerprint density at radius 2 is 1.89 bits per heavy atom. The Labute approximate surface area is 108 Å². The first kappa shape index (κ1) is 12.0. The highest BCUT2D eigenvalue weighted by atomic mass is 19.1. The van der Waals surface area contributed by atoms with Gasteiger partial charge in [0.1, 0.15) is 5.82 Å². The number of halogens is 1. The van der Waals surface area contributed by atoms with Gasteiger partial charge in [-0.05, 0) is 67.7 Å². The van der Waals surface area contributed by atoms with E-state index in [1.165, 1.54) is 31.7 Å². The summed E-state index contributed by atoms with van der Waals surface area (Å²) in [5.74, 6) is 2.49.